The first kappa shape index (κ1) is 11.9. The van der Waals surface area contributed by atoms with E-state index < -0.39 is 5.60 Å². The number of hydrogen-bond acceptors (Lipinski definition) is 3. The molecule has 16 heavy (non-hydrogen) atoms. The van der Waals surface area contributed by atoms with Gasteiger partial charge in [0.1, 0.15) is 5.60 Å². The first-order chi connectivity index (χ1) is 7.48. The van der Waals surface area contributed by atoms with Gasteiger partial charge in [-0.15, -0.1) is 0 Å². The Morgan fingerprint density at radius 1 is 1.50 bits per heavy atom. The number of carbonyl (C=O) groups is 1. The van der Waals surface area contributed by atoms with Crippen LogP contribution in [0.15, 0.2) is 0 Å². The first-order valence-corrected chi connectivity index (χ1v) is 6.27. The normalized spacial score (nSPS) is 42.4. The van der Waals surface area contributed by atoms with Gasteiger partial charge in [-0.3, -0.25) is 0 Å². The summed E-state index contributed by atoms with van der Waals surface area (Å²) in [6.45, 7) is 6.33. The van der Waals surface area contributed by atoms with E-state index in [0.717, 1.165) is 19.3 Å². The SMILES string of the molecule is COC(=O)C1(C(C)C)OC12CCCC(C)C2. The van der Waals surface area contributed by atoms with Crippen molar-refractivity contribution in [1.82, 2.24) is 0 Å². The molecular formula is C13H22O3. The Labute approximate surface area is 97.5 Å². The first-order valence-electron chi connectivity index (χ1n) is 6.27. The van der Waals surface area contributed by atoms with Crippen molar-refractivity contribution in [1.29, 1.82) is 0 Å². The van der Waals surface area contributed by atoms with Gasteiger partial charge in [0.25, 0.3) is 0 Å². The van der Waals surface area contributed by atoms with E-state index in [2.05, 4.69) is 6.92 Å². The van der Waals surface area contributed by atoms with Crippen LogP contribution in [0.4, 0.5) is 0 Å². The zero-order valence-electron chi connectivity index (χ0n) is 10.7. The molecule has 1 saturated carbocycles. The molecule has 3 heteroatoms. The Morgan fingerprint density at radius 3 is 2.69 bits per heavy atom. The van der Waals surface area contributed by atoms with E-state index in [9.17, 15) is 4.79 Å². The lowest BCUT2D eigenvalue weighted by atomic mass is 9.72. The lowest BCUT2D eigenvalue weighted by molar-refractivity contribution is -0.148. The number of esters is 1. The third-order valence-corrected chi connectivity index (χ3v) is 4.25. The molecule has 0 aromatic heterocycles. The van der Waals surface area contributed by atoms with Crippen molar-refractivity contribution < 1.29 is 14.3 Å². The number of hydrogen-bond donors (Lipinski definition) is 0. The van der Waals surface area contributed by atoms with Crippen molar-refractivity contribution in [2.24, 2.45) is 11.8 Å². The molecule has 3 unspecified atom stereocenters. The molecule has 1 aliphatic carbocycles. The summed E-state index contributed by atoms with van der Waals surface area (Å²) in [5, 5.41) is 0. The molecule has 0 bridgehead atoms. The average Bonchev–Trinajstić information content (AvgIpc) is 2.86. The van der Waals surface area contributed by atoms with Crippen molar-refractivity contribution in [2.75, 3.05) is 7.11 Å². The maximum absolute atomic E-state index is 12.0. The average molecular weight is 226 g/mol. The van der Waals surface area contributed by atoms with Crippen LogP contribution in [-0.2, 0) is 14.3 Å². The molecule has 92 valence electrons. The van der Waals surface area contributed by atoms with Gasteiger partial charge in [-0.2, -0.15) is 0 Å². The van der Waals surface area contributed by atoms with E-state index in [1.807, 2.05) is 13.8 Å². The van der Waals surface area contributed by atoms with Crippen molar-refractivity contribution in [3.05, 3.63) is 0 Å². The Balaban J connectivity index is 2.23. The van der Waals surface area contributed by atoms with Gasteiger partial charge in [0.05, 0.1) is 7.11 Å². The van der Waals surface area contributed by atoms with Gasteiger partial charge in [0, 0.05) is 0 Å². The van der Waals surface area contributed by atoms with Crippen LogP contribution >= 0.6 is 0 Å². The van der Waals surface area contributed by atoms with Gasteiger partial charge < -0.3 is 9.47 Å². The second kappa shape index (κ2) is 3.73. The van der Waals surface area contributed by atoms with Crippen LogP contribution in [-0.4, -0.2) is 24.3 Å². The lowest BCUT2D eigenvalue weighted by Gasteiger charge is -2.28. The molecule has 0 N–H and O–H groups in total. The molecular weight excluding hydrogens is 204 g/mol. The summed E-state index contributed by atoms with van der Waals surface area (Å²) in [5.41, 5.74) is -0.873. The largest absolute Gasteiger partial charge is 0.467 e. The summed E-state index contributed by atoms with van der Waals surface area (Å²) in [5.74, 6) is 0.654. The maximum Gasteiger partial charge on any atom is 0.341 e. The summed E-state index contributed by atoms with van der Waals surface area (Å²) in [6, 6.07) is 0. The number of rotatable bonds is 2. The topological polar surface area (TPSA) is 38.8 Å². The van der Waals surface area contributed by atoms with Gasteiger partial charge in [-0.05, 0) is 24.7 Å². The Morgan fingerprint density at radius 2 is 2.19 bits per heavy atom. The third-order valence-electron chi connectivity index (χ3n) is 4.25. The molecule has 2 rings (SSSR count). The molecule has 1 saturated heterocycles. The summed E-state index contributed by atoms with van der Waals surface area (Å²) in [7, 11) is 1.45. The molecule has 0 aromatic carbocycles. The Bertz CT molecular complexity index is 300. The van der Waals surface area contributed by atoms with E-state index in [0.29, 0.717) is 5.92 Å². The van der Waals surface area contributed by atoms with E-state index >= 15 is 0 Å². The second-order valence-electron chi connectivity index (χ2n) is 5.68. The van der Waals surface area contributed by atoms with Crippen LogP contribution in [0.25, 0.3) is 0 Å². The van der Waals surface area contributed by atoms with Crippen molar-refractivity contribution in [3.8, 4) is 0 Å². The second-order valence-corrected chi connectivity index (χ2v) is 5.68. The minimum absolute atomic E-state index is 0.184. The van der Waals surface area contributed by atoms with Crippen molar-refractivity contribution in [2.45, 2.75) is 57.7 Å². The summed E-state index contributed by atoms with van der Waals surface area (Å²) in [4.78, 5) is 12.0. The van der Waals surface area contributed by atoms with Gasteiger partial charge in [-0.1, -0.05) is 33.6 Å². The van der Waals surface area contributed by atoms with Gasteiger partial charge >= 0.3 is 5.97 Å². The molecule has 2 fully saturated rings. The Hall–Kier alpha value is -0.570. The molecule has 1 heterocycles. The number of methoxy groups -OCH3 is 1. The zero-order valence-corrected chi connectivity index (χ0v) is 10.7. The maximum atomic E-state index is 12.0. The van der Waals surface area contributed by atoms with Crippen LogP contribution < -0.4 is 0 Å². The fourth-order valence-corrected chi connectivity index (χ4v) is 3.47. The van der Waals surface area contributed by atoms with Crippen molar-refractivity contribution >= 4 is 5.97 Å². The van der Waals surface area contributed by atoms with E-state index in [-0.39, 0.29) is 17.5 Å². The highest BCUT2D eigenvalue weighted by Gasteiger charge is 2.76. The number of ether oxygens (including phenoxy) is 2. The van der Waals surface area contributed by atoms with Gasteiger partial charge in [0.15, 0.2) is 5.60 Å². The number of carbonyl (C=O) groups excluding carboxylic acids is 1. The van der Waals surface area contributed by atoms with Gasteiger partial charge in [0.2, 0.25) is 0 Å². The molecule has 0 aromatic rings. The molecule has 1 spiro atoms. The lowest BCUT2D eigenvalue weighted by Crippen LogP contribution is -2.42. The third kappa shape index (κ3) is 1.41. The fourth-order valence-electron chi connectivity index (χ4n) is 3.47. The highest BCUT2D eigenvalue weighted by atomic mass is 16.7. The molecule has 0 amide bonds. The minimum atomic E-state index is -0.656. The fraction of sp³-hybridized carbons (Fsp3) is 0.923. The highest BCUT2D eigenvalue weighted by Crippen LogP contribution is 2.61. The summed E-state index contributed by atoms with van der Waals surface area (Å²) in [6.07, 6.45) is 4.41. The van der Waals surface area contributed by atoms with Crippen LogP contribution in [0.1, 0.15) is 46.5 Å². The van der Waals surface area contributed by atoms with Crippen LogP contribution in [0.5, 0.6) is 0 Å². The predicted octanol–water partition coefficient (Wildman–Crippen LogP) is 2.53. The van der Waals surface area contributed by atoms with E-state index in [1.165, 1.54) is 13.5 Å². The Kier molecular flexibility index (Phi) is 2.77. The summed E-state index contributed by atoms with van der Waals surface area (Å²) >= 11 is 0. The molecule has 3 nitrogen and oxygen atoms in total. The van der Waals surface area contributed by atoms with E-state index in [4.69, 9.17) is 9.47 Å². The quantitative estimate of drug-likeness (QED) is 0.536. The van der Waals surface area contributed by atoms with Gasteiger partial charge in [-0.25, -0.2) is 4.79 Å². The molecule has 0 radical (unpaired) electrons. The molecule has 1 aliphatic heterocycles. The minimum Gasteiger partial charge on any atom is -0.467 e. The monoisotopic (exact) mass is 226 g/mol. The van der Waals surface area contributed by atoms with Crippen LogP contribution in [0.3, 0.4) is 0 Å². The predicted molar refractivity (Wildman–Crippen MR) is 61.0 cm³/mol. The zero-order chi connectivity index (χ0) is 12.0. The number of epoxide rings is 1. The summed E-state index contributed by atoms with van der Waals surface area (Å²) < 4.78 is 10.9. The van der Waals surface area contributed by atoms with Crippen molar-refractivity contribution in [3.63, 3.8) is 0 Å². The highest BCUT2D eigenvalue weighted by molar-refractivity contribution is 5.85. The molecule has 3 atom stereocenters. The molecule has 2 aliphatic rings. The van der Waals surface area contributed by atoms with E-state index in [1.54, 1.807) is 0 Å². The van der Waals surface area contributed by atoms with Crippen LogP contribution in [0.2, 0.25) is 0 Å². The van der Waals surface area contributed by atoms with Crippen LogP contribution in [0, 0.1) is 11.8 Å². The standard InChI is InChI=1S/C13H22O3/c1-9(2)13(11(14)15-4)12(16-13)7-5-6-10(3)8-12/h9-10H,5-8H2,1-4H3. The smallest absolute Gasteiger partial charge is 0.341 e.